The van der Waals surface area contributed by atoms with E-state index in [9.17, 15) is 19.1 Å². The van der Waals surface area contributed by atoms with E-state index in [4.69, 9.17) is 0 Å². The Hall–Kier alpha value is -2.02. The second kappa shape index (κ2) is 6.62. The normalized spacial score (nSPS) is 10.8. The van der Waals surface area contributed by atoms with Crippen molar-refractivity contribution in [1.82, 2.24) is 9.55 Å². The molecule has 0 radical (unpaired) electrons. The third kappa shape index (κ3) is 3.18. The molecule has 7 heteroatoms. The monoisotopic (exact) mass is 310 g/mol. The predicted molar refractivity (Wildman–Crippen MR) is 81.4 cm³/mol. The van der Waals surface area contributed by atoms with E-state index in [1.807, 2.05) is 6.26 Å². The highest BCUT2D eigenvalue weighted by Gasteiger charge is 2.18. The van der Waals surface area contributed by atoms with Crippen molar-refractivity contribution in [3.8, 4) is 17.0 Å². The number of benzene rings is 1. The van der Waals surface area contributed by atoms with Crippen molar-refractivity contribution < 1.29 is 9.50 Å². The van der Waals surface area contributed by atoms with Crippen LogP contribution in [0.2, 0.25) is 0 Å². The van der Waals surface area contributed by atoms with Gasteiger partial charge in [0.1, 0.15) is 11.4 Å². The molecule has 0 aliphatic carbocycles. The van der Waals surface area contributed by atoms with Crippen molar-refractivity contribution in [2.75, 3.05) is 12.0 Å². The molecule has 0 spiro atoms. The van der Waals surface area contributed by atoms with Crippen molar-refractivity contribution in [1.29, 1.82) is 0 Å². The Bertz CT molecular complexity index is 755. The summed E-state index contributed by atoms with van der Waals surface area (Å²) in [5, 5.41) is 10.2. The molecule has 1 aromatic heterocycles. The van der Waals surface area contributed by atoms with Gasteiger partial charge in [0.25, 0.3) is 5.56 Å². The fourth-order valence-electron chi connectivity index (χ4n) is 2.04. The summed E-state index contributed by atoms with van der Waals surface area (Å²) in [5.74, 6) is -0.331. The number of thioether (sulfide) groups is 1. The Labute approximate surface area is 124 Å². The van der Waals surface area contributed by atoms with Crippen molar-refractivity contribution in [3.05, 3.63) is 50.9 Å². The molecule has 5 nitrogen and oxygen atoms in total. The summed E-state index contributed by atoms with van der Waals surface area (Å²) in [5.41, 5.74) is -1.76. The van der Waals surface area contributed by atoms with Gasteiger partial charge in [-0.15, -0.1) is 0 Å². The molecule has 0 saturated carbocycles. The van der Waals surface area contributed by atoms with E-state index >= 15 is 0 Å². The minimum atomic E-state index is -0.802. The van der Waals surface area contributed by atoms with E-state index in [1.165, 1.54) is 18.2 Å². The summed E-state index contributed by atoms with van der Waals surface area (Å²) in [6, 6.07) is 5.62. The third-order valence-corrected chi connectivity index (χ3v) is 3.74. The van der Waals surface area contributed by atoms with Crippen LogP contribution in [0.5, 0.6) is 5.88 Å². The molecule has 1 heterocycles. The molecule has 2 N–H and O–H groups in total. The van der Waals surface area contributed by atoms with E-state index in [2.05, 4.69) is 4.98 Å². The van der Waals surface area contributed by atoms with Crippen molar-refractivity contribution in [2.24, 2.45) is 0 Å². The van der Waals surface area contributed by atoms with Crippen molar-refractivity contribution in [3.63, 3.8) is 0 Å². The number of nitrogens with zero attached hydrogens (tertiary/aromatic N) is 1. The molecular formula is C14H15FN2O3S. The molecule has 1 aromatic carbocycles. The van der Waals surface area contributed by atoms with Gasteiger partial charge in [-0.25, -0.2) is 9.18 Å². The maximum Gasteiger partial charge on any atom is 0.331 e. The number of H-pyrrole nitrogens is 1. The van der Waals surface area contributed by atoms with Crippen LogP contribution in [0.3, 0.4) is 0 Å². The van der Waals surface area contributed by atoms with Gasteiger partial charge in [0.05, 0.1) is 0 Å². The molecule has 0 aliphatic rings. The van der Waals surface area contributed by atoms with Gasteiger partial charge in [0, 0.05) is 12.1 Å². The second-order valence-corrected chi connectivity index (χ2v) is 5.42. The Morgan fingerprint density at radius 3 is 2.71 bits per heavy atom. The lowest BCUT2D eigenvalue weighted by Gasteiger charge is -2.11. The predicted octanol–water partition coefficient (Wildman–Crippen LogP) is 1.80. The zero-order valence-corrected chi connectivity index (χ0v) is 12.2. The van der Waals surface area contributed by atoms with Gasteiger partial charge in [0.2, 0.25) is 5.88 Å². The molecule has 2 aromatic rings. The van der Waals surface area contributed by atoms with E-state index in [0.717, 1.165) is 10.3 Å². The summed E-state index contributed by atoms with van der Waals surface area (Å²) in [6.07, 6.45) is 2.58. The van der Waals surface area contributed by atoms with Gasteiger partial charge in [-0.1, -0.05) is 18.2 Å². The molecule has 0 atom stereocenters. The minimum absolute atomic E-state index is 0.0325. The average molecular weight is 310 g/mol. The Balaban J connectivity index is 2.57. The molecule has 0 bridgehead atoms. The van der Waals surface area contributed by atoms with Gasteiger partial charge in [-0.3, -0.25) is 14.3 Å². The Morgan fingerprint density at radius 2 is 2.05 bits per heavy atom. The molecule has 112 valence electrons. The average Bonchev–Trinajstić information content (AvgIpc) is 2.44. The first-order valence-corrected chi connectivity index (χ1v) is 7.75. The number of hydrogen-bond acceptors (Lipinski definition) is 4. The molecule has 0 saturated heterocycles. The summed E-state index contributed by atoms with van der Waals surface area (Å²) < 4.78 is 14.9. The van der Waals surface area contributed by atoms with Crippen molar-refractivity contribution in [2.45, 2.75) is 13.0 Å². The first kappa shape index (κ1) is 15.4. The van der Waals surface area contributed by atoms with Gasteiger partial charge < -0.3 is 5.11 Å². The highest BCUT2D eigenvalue weighted by atomic mass is 32.2. The van der Waals surface area contributed by atoms with E-state index in [1.54, 1.807) is 17.8 Å². The van der Waals surface area contributed by atoms with E-state index in [0.29, 0.717) is 6.42 Å². The number of hydrogen-bond donors (Lipinski definition) is 2. The summed E-state index contributed by atoms with van der Waals surface area (Å²) in [4.78, 5) is 25.8. The van der Waals surface area contributed by atoms with E-state index < -0.39 is 22.9 Å². The number of aromatic amines is 1. The van der Waals surface area contributed by atoms with Crippen LogP contribution in [-0.2, 0) is 6.54 Å². The van der Waals surface area contributed by atoms with Gasteiger partial charge in [-0.2, -0.15) is 11.8 Å². The topological polar surface area (TPSA) is 75.1 Å². The van der Waals surface area contributed by atoms with Crippen LogP contribution in [-0.4, -0.2) is 26.7 Å². The van der Waals surface area contributed by atoms with Crippen LogP contribution in [0.15, 0.2) is 33.9 Å². The lowest BCUT2D eigenvalue weighted by atomic mass is 10.1. The zero-order valence-electron chi connectivity index (χ0n) is 11.4. The Kier molecular flexibility index (Phi) is 4.85. The van der Waals surface area contributed by atoms with Crippen LogP contribution >= 0.6 is 11.8 Å². The van der Waals surface area contributed by atoms with Crippen LogP contribution in [0.4, 0.5) is 4.39 Å². The number of rotatable bonds is 5. The van der Waals surface area contributed by atoms with Crippen LogP contribution < -0.4 is 11.2 Å². The zero-order chi connectivity index (χ0) is 15.4. The Morgan fingerprint density at radius 1 is 1.33 bits per heavy atom. The fraction of sp³-hybridized carbons (Fsp3) is 0.286. The van der Waals surface area contributed by atoms with Crippen LogP contribution in [0, 0.1) is 5.82 Å². The van der Waals surface area contributed by atoms with Gasteiger partial charge in [0.15, 0.2) is 0 Å². The number of nitrogens with one attached hydrogen (secondary N) is 1. The molecule has 2 rings (SSSR count). The largest absolute Gasteiger partial charge is 0.494 e. The van der Waals surface area contributed by atoms with Crippen LogP contribution in [0.1, 0.15) is 6.42 Å². The lowest BCUT2D eigenvalue weighted by Crippen LogP contribution is -2.31. The molecule has 0 aliphatic heterocycles. The molecular weight excluding hydrogens is 295 g/mol. The summed E-state index contributed by atoms with van der Waals surface area (Å²) >= 11 is 1.61. The summed E-state index contributed by atoms with van der Waals surface area (Å²) in [7, 11) is 0. The lowest BCUT2D eigenvalue weighted by molar-refractivity contribution is 0.401. The van der Waals surface area contributed by atoms with E-state index in [-0.39, 0.29) is 17.7 Å². The van der Waals surface area contributed by atoms with Gasteiger partial charge >= 0.3 is 5.69 Å². The minimum Gasteiger partial charge on any atom is -0.494 e. The standard InChI is InChI=1S/C14H15FN2O3S/c1-21-8-4-7-17-13(19)11(12(18)16-14(17)20)9-5-2-3-6-10(9)15/h2-3,5-6,19H,4,7-8H2,1H3,(H,16,18,20). The summed E-state index contributed by atoms with van der Waals surface area (Å²) in [6.45, 7) is 0.254. The maximum absolute atomic E-state index is 13.8. The number of aromatic hydroxyl groups is 1. The fourth-order valence-corrected chi connectivity index (χ4v) is 2.46. The first-order valence-electron chi connectivity index (χ1n) is 6.36. The first-order chi connectivity index (χ1) is 10.1. The second-order valence-electron chi connectivity index (χ2n) is 4.44. The third-order valence-electron chi connectivity index (χ3n) is 3.05. The molecule has 0 fully saturated rings. The van der Waals surface area contributed by atoms with Crippen molar-refractivity contribution >= 4 is 11.8 Å². The highest BCUT2D eigenvalue weighted by molar-refractivity contribution is 7.98. The smallest absolute Gasteiger partial charge is 0.331 e. The molecule has 21 heavy (non-hydrogen) atoms. The maximum atomic E-state index is 13.8. The molecule has 0 unspecified atom stereocenters. The van der Waals surface area contributed by atoms with Gasteiger partial charge in [-0.05, 0) is 24.5 Å². The number of aromatic nitrogens is 2. The van der Waals surface area contributed by atoms with Crippen LogP contribution in [0.25, 0.3) is 11.1 Å². The molecule has 0 amide bonds. The SMILES string of the molecule is CSCCCn1c(O)c(-c2ccccc2F)c(=O)[nH]c1=O. The number of halogens is 1. The quantitative estimate of drug-likeness (QED) is 0.826. The highest BCUT2D eigenvalue weighted by Crippen LogP contribution is 2.26.